The van der Waals surface area contributed by atoms with E-state index in [1.165, 1.54) is 6.07 Å². The predicted molar refractivity (Wildman–Crippen MR) is 77.2 cm³/mol. The molecule has 0 spiro atoms. The molecule has 0 aliphatic heterocycles. The number of hydrogen-bond acceptors (Lipinski definition) is 3. The first-order chi connectivity index (χ1) is 9.69. The Morgan fingerprint density at radius 3 is 2.80 bits per heavy atom. The largest absolute Gasteiger partial charge is 0.468 e. The Kier molecular flexibility index (Phi) is 5.33. The van der Waals surface area contributed by atoms with Crippen LogP contribution in [0.2, 0.25) is 0 Å². The van der Waals surface area contributed by atoms with Gasteiger partial charge in [-0.25, -0.2) is 4.39 Å². The maximum absolute atomic E-state index is 13.9. The van der Waals surface area contributed by atoms with E-state index in [2.05, 4.69) is 22.0 Å². The highest BCUT2D eigenvalue weighted by molar-refractivity contribution is 9.10. The molecule has 104 valence electrons. The van der Waals surface area contributed by atoms with Crippen LogP contribution in [-0.2, 0) is 13.1 Å². The molecule has 3 nitrogen and oxygen atoms in total. The maximum atomic E-state index is 13.9. The molecule has 0 N–H and O–H groups in total. The standard InChI is InChI=1S/C15H14BrFN2O/c16-13-5-4-12(15(17)9-13)10-19(7-2-6-18)11-14-3-1-8-20-14/h1,3-5,8-9H,2,7,10-11H2. The van der Waals surface area contributed by atoms with Gasteiger partial charge in [-0.1, -0.05) is 22.0 Å². The Labute approximate surface area is 125 Å². The van der Waals surface area contributed by atoms with Crippen LogP contribution in [0.1, 0.15) is 17.7 Å². The van der Waals surface area contributed by atoms with Gasteiger partial charge in [0, 0.05) is 29.5 Å². The zero-order valence-electron chi connectivity index (χ0n) is 10.9. The fourth-order valence-corrected chi connectivity index (χ4v) is 2.27. The lowest BCUT2D eigenvalue weighted by Gasteiger charge is -2.20. The number of nitrogens with zero attached hydrogens (tertiary/aromatic N) is 2. The van der Waals surface area contributed by atoms with Gasteiger partial charge in [0.15, 0.2) is 0 Å². The molecule has 5 heteroatoms. The fourth-order valence-electron chi connectivity index (χ4n) is 1.94. The average molecular weight is 337 g/mol. The zero-order chi connectivity index (χ0) is 14.4. The van der Waals surface area contributed by atoms with Crippen molar-refractivity contribution >= 4 is 15.9 Å². The van der Waals surface area contributed by atoms with Gasteiger partial charge in [-0.3, -0.25) is 4.90 Å². The molecule has 0 radical (unpaired) electrons. The van der Waals surface area contributed by atoms with E-state index < -0.39 is 0 Å². The van der Waals surface area contributed by atoms with Crippen molar-refractivity contribution in [3.8, 4) is 6.07 Å². The van der Waals surface area contributed by atoms with Crippen molar-refractivity contribution in [1.82, 2.24) is 4.90 Å². The first-order valence-corrected chi connectivity index (χ1v) is 7.04. The molecular formula is C15H14BrFN2O. The van der Waals surface area contributed by atoms with Crippen molar-refractivity contribution in [3.05, 3.63) is 58.2 Å². The van der Waals surface area contributed by atoms with Crippen LogP contribution in [0.5, 0.6) is 0 Å². The third-order valence-electron chi connectivity index (χ3n) is 2.91. The second kappa shape index (κ2) is 7.22. The highest BCUT2D eigenvalue weighted by Crippen LogP contribution is 2.18. The van der Waals surface area contributed by atoms with Crippen LogP contribution in [0.25, 0.3) is 0 Å². The highest BCUT2D eigenvalue weighted by Gasteiger charge is 2.11. The number of hydrogen-bond donors (Lipinski definition) is 0. The van der Waals surface area contributed by atoms with Crippen LogP contribution in [0.15, 0.2) is 45.5 Å². The van der Waals surface area contributed by atoms with Crippen molar-refractivity contribution < 1.29 is 8.81 Å². The molecule has 0 saturated heterocycles. The topological polar surface area (TPSA) is 40.2 Å². The SMILES string of the molecule is N#CCCN(Cc1ccco1)Cc1ccc(Br)cc1F. The second-order valence-corrected chi connectivity index (χ2v) is 5.35. The van der Waals surface area contributed by atoms with Gasteiger partial charge >= 0.3 is 0 Å². The van der Waals surface area contributed by atoms with Gasteiger partial charge < -0.3 is 4.42 Å². The molecular weight excluding hydrogens is 323 g/mol. The Balaban J connectivity index is 2.08. The third kappa shape index (κ3) is 4.19. The average Bonchev–Trinajstić information content (AvgIpc) is 2.92. The second-order valence-electron chi connectivity index (χ2n) is 4.43. The minimum Gasteiger partial charge on any atom is -0.468 e. The Morgan fingerprint density at radius 2 is 2.15 bits per heavy atom. The van der Waals surface area contributed by atoms with Gasteiger partial charge in [-0.15, -0.1) is 0 Å². The summed E-state index contributed by atoms with van der Waals surface area (Å²) in [6, 6.07) is 10.8. The summed E-state index contributed by atoms with van der Waals surface area (Å²) >= 11 is 3.24. The maximum Gasteiger partial charge on any atom is 0.128 e. The van der Waals surface area contributed by atoms with Crippen molar-refractivity contribution in [2.24, 2.45) is 0 Å². The lowest BCUT2D eigenvalue weighted by atomic mass is 10.2. The van der Waals surface area contributed by atoms with Crippen molar-refractivity contribution in [3.63, 3.8) is 0 Å². The molecule has 2 rings (SSSR count). The lowest BCUT2D eigenvalue weighted by Crippen LogP contribution is -2.24. The third-order valence-corrected chi connectivity index (χ3v) is 3.40. The van der Waals surface area contributed by atoms with Crippen LogP contribution >= 0.6 is 15.9 Å². The van der Waals surface area contributed by atoms with E-state index in [1.54, 1.807) is 12.3 Å². The molecule has 0 bridgehead atoms. The molecule has 0 saturated carbocycles. The van der Waals surface area contributed by atoms with Gasteiger partial charge in [-0.2, -0.15) is 5.26 Å². The van der Waals surface area contributed by atoms with Gasteiger partial charge in [-0.05, 0) is 24.3 Å². The number of halogens is 2. The van der Waals surface area contributed by atoms with Crippen LogP contribution in [0.3, 0.4) is 0 Å². The van der Waals surface area contributed by atoms with E-state index >= 15 is 0 Å². The summed E-state index contributed by atoms with van der Waals surface area (Å²) in [7, 11) is 0. The number of nitriles is 1. The van der Waals surface area contributed by atoms with Gasteiger partial charge in [0.25, 0.3) is 0 Å². The molecule has 0 amide bonds. The summed E-state index contributed by atoms with van der Waals surface area (Å²) in [5, 5.41) is 8.72. The van der Waals surface area contributed by atoms with E-state index in [0.717, 1.165) is 5.76 Å². The van der Waals surface area contributed by atoms with E-state index in [4.69, 9.17) is 9.68 Å². The Morgan fingerprint density at radius 1 is 1.30 bits per heavy atom. The van der Waals surface area contributed by atoms with Gasteiger partial charge in [0.2, 0.25) is 0 Å². The molecule has 1 heterocycles. The quantitative estimate of drug-likeness (QED) is 0.797. The summed E-state index contributed by atoms with van der Waals surface area (Å²) in [5.41, 5.74) is 0.609. The number of furan rings is 1. The summed E-state index contributed by atoms with van der Waals surface area (Å²) in [4.78, 5) is 1.99. The Bertz CT molecular complexity index is 592. The first-order valence-electron chi connectivity index (χ1n) is 6.24. The summed E-state index contributed by atoms with van der Waals surface area (Å²) < 4.78 is 19.9. The molecule has 1 aromatic carbocycles. The van der Waals surface area contributed by atoms with Crippen molar-refractivity contribution in [2.75, 3.05) is 6.54 Å². The zero-order valence-corrected chi connectivity index (χ0v) is 12.4. The molecule has 0 unspecified atom stereocenters. The van der Waals surface area contributed by atoms with Crippen molar-refractivity contribution in [2.45, 2.75) is 19.5 Å². The highest BCUT2D eigenvalue weighted by atomic mass is 79.9. The van der Waals surface area contributed by atoms with E-state index in [9.17, 15) is 4.39 Å². The minimum absolute atomic E-state index is 0.249. The summed E-state index contributed by atoms with van der Waals surface area (Å²) in [5.74, 6) is 0.557. The normalized spacial score (nSPS) is 10.7. The Hall–Kier alpha value is -1.64. The van der Waals surface area contributed by atoms with Crippen LogP contribution in [0.4, 0.5) is 4.39 Å². The van der Waals surface area contributed by atoms with E-state index in [0.29, 0.717) is 36.1 Å². The molecule has 20 heavy (non-hydrogen) atoms. The number of benzene rings is 1. The fraction of sp³-hybridized carbons (Fsp3) is 0.267. The molecule has 0 atom stereocenters. The van der Waals surface area contributed by atoms with Crippen LogP contribution in [0, 0.1) is 17.1 Å². The van der Waals surface area contributed by atoms with Gasteiger partial charge in [0.05, 0.1) is 18.9 Å². The monoisotopic (exact) mass is 336 g/mol. The first kappa shape index (κ1) is 14.8. The molecule has 1 aromatic heterocycles. The minimum atomic E-state index is -0.249. The van der Waals surface area contributed by atoms with E-state index in [1.807, 2.05) is 23.1 Å². The summed E-state index contributed by atoms with van der Waals surface area (Å²) in [6.07, 6.45) is 2.01. The molecule has 0 aliphatic carbocycles. The number of rotatable bonds is 6. The van der Waals surface area contributed by atoms with Crippen LogP contribution in [-0.4, -0.2) is 11.4 Å². The predicted octanol–water partition coefficient (Wildman–Crippen LogP) is 4.10. The van der Waals surface area contributed by atoms with E-state index in [-0.39, 0.29) is 5.82 Å². The molecule has 0 aliphatic rings. The smallest absolute Gasteiger partial charge is 0.128 e. The molecule has 0 fully saturated rings. The molecule has 2 aromatic rings. The lowest BCUT2D eigenvalue weighted by molar-refractivity contribution is 0.237. The summed E-state index contributed by atoms with van der Waals surface area (Å²) in [6.45, 7) is 1.58. The van der Waals surface area contributed by atoms with Crippen LogP contribution < -0.4 is 0 Å². The van der Waals surface area contributed by atoms with Crippen molar-refractivity contribution in [1.29, 1.82) is 5.26 Å². The van der Waals surface area contributed by atoms with Gasteiger partial charge in [0.1, 0.15) is 11.6 Å².